The molecule has 2 saturated carbocycles. The summed E-state index contributed by atoms with van der Waals surface area (Å²) in [5, 5.41) is 0. The lowest BCUT2D eigenvalue weighted by Gasteiger charge is -2.55. The Morgan fingerprint density at radius 3 is 2.64 bits per heavy atom. The van der Waals surface area contributed by atoms with E-state index in [4.69, 9.17) is 18.9 Å². The molecule has 0 aromatic rings. The van der Waals surface area contributed by atoms with Gasteiger partial charge in [0.1, 0.15) is 16.4 Å². The van der Waals surface area contributed by atoms with Crippen LogP contribution in [0.15, 0.2) is 11.8 Å². The molecule has 0 amide bonds. The van der Waals surface area contributed by atoms with Crippen LogP contribution >= 0.6 is 0 Å². The molecule has 2 aliphatic carbocycles. The van der Waals surface area contributed by atoms with Crippen LogP contribution in [-0.2, 0) is 33.3 Å². The van der Waals surface area contributed by atoms with Crippen LogP contribution in [0.5, 0.6) is 0 Å². The number of carbonyl (C=O) groups excluding carboxylic acids is 3. The number of fused-ring (bicyclic) bond motifs is 2. The molecular weight excluding hydrogens is 328 g/mol. The highest BCUT2D eigenvalue weighted by Crippen LogP contribution is 2.68. The van der Waals surface area contributed by atoms with Crippen LogP contribution in [0.4, 0.5) is 0 Å². The third-order valence-corrected chi connectivity index (χ3v) is 6.16. The summed E-state index contributed by atoms with van der Waals surface area (Å²) in [7, 11) is 0. The minimum absolute atomic E-state index is 0.0608. The smallest absolute Gasteiger partial charge is 0.320 e. The fourth-order valence-corrected chi connectivity index (χ4v) is 5.02. The maximum absolute atomic E-state index is 13.1. The number of hydrogen-bond donors (Lipinski definition) is 0. The van der Waals surface area contributed by atoms with Crippen LogP contribution in [0.2, 0.25) is 0 Å². The van der Waals surface area contributed by atoms with E-state index in [2.05, 4.69) is 0 Å². The van der Waals surface area contributed by atoms with Crippen LogP contribution in [-0.4, -0.2) is 42.8 Å². The lowest BCUT2D eigenvalue weighted by atomic mass is 9.56. The molecule has 0 aromatic carbocycles. The Hall–Kier alpha value is -1.89. The molecular formula is C18H22O7. The number of carbonyl (C=O) groups is 3. The number of hydrogen-bond acceptors (Lipinski definition) is 7. The van der Waals surface area contributed by atoms with E-state index >= 15 is 0 Å². The summed E-state index contributed by atoms with van der Waals surface area (Å²) in [5.74, 6) is -1.22. The zero-order valence-electron chi connectivity index (χ0n) is 14.5. The molecule has 4 aliphatic rings. The summed E-state index contributed by atoms with van der Waals surface area (Å²) in [4.78, 5) is 38.7. The fraction of sp³-hybridized carbons (Fsp3) is 0.722. The molecule has 2 aliphatic heterocycles. The SMILES string of the molecule is CCOC(=O)C12CC3=COC4CCC(C(=O)OCC)(CC1=O)C3(C2)O4. The van der Waals surface area contributed by atoms with Gasteiger partial charge in [-0.2, -0.15) is 0 Å². The second-order valence-electron chi connectivity index (χ2n) is 7.25. The predicted octanol–water partition coefficient (Wildman–Crippen LogP) is 1.64. The Kier molecular flexibility index (Phi) is 3.51. The van der Waals surface area contributed by atoms with Gasteiger partial charge in [-0.1, -0.05) is 0 Å². The quantitative estimate of drug-likeness (QED) is 0.562. The van der Waals surface area contributed by atoms with Crippen molar-refractivity contribution in [3.05, 3.63) is 11.8 Å². The van der Waals surface area contributed by atoms with E-state index in [1.54, 1.807) is 20.1 Å². The molecule has 4 atom stereocenters. The summed E-state index contributed by atoms with van der Waals surface area (Å²) in [6, 6.07) is 0. The van der Waals surface area contributed by atoms with Gasteiger partial charge in [0.15, 0.2) is 12.1 Å². The lowest BCUT2D eigenvalue weighted by Crippen LogP contribution is -2.65. The minimum Gasteiger partial charge on any atom is -0.472 e. The molecule has 4 unspecified atom stereocenters. The normalized spacial score (nSPS) is 40.8. The van der Waals surface area contributed by atoms with E-state index in [9.17, 15) is 14.4 Å². The third kappa shape index (κ3) is 1.87. The van der Waals surface area contributed by atoms with Gasteiger partial charge in [0.05, 0.1) is 19.5 Å². The van der Waals surface area contributed by atoms with Gasteiger partial charge in [0, 0.05) is 19.3 Å². The summed E-state index contributed by atoms with van der Waals surface area (Å²) in [6.45, 7) is 3.87. The molecule has 3 fully saturated rings. The van der Waals surface area contributed by atoms with Gasteiger partial charge in [-0.25, -0.2) is 0 Å². The molecule has 25 heavy (non-hydrogen) atoms. The highest BCUT2D eigenvalue weighted by Gasteiger charge is 2.77. The second-order valence-corrected chi connectivity index (χ2v) is 7.25. The van der Waals surface area contributed by atoms with Crippen LogP contribution in [0.3, 0.4) is 0 Å². The van der Waals surface area contributed by atoms with E-state index in [0.717, 1.165) is 0 Å². The highest BCUT2D eigenvalue weighted by atomic mass is 16.7. The van der Waals surface area contributed by atoms with Crippen molar-refractivity contribution in [3.8, 4) is 0 Å². The first-order valence-electron chi connectivity index (χ1n) is 8.85. The molecule has 3 bridgehead atoms. The average Bonchev–Trinajstić information content (AvgIpc) is 2.89. The first-order chi connectivity index (χ1) is 11.9. The summed E-state index contributed by atoms with van der Waals surface area (Å²) < 4.78 is 22.3. The molecule has 1 spiro atoms. The second kappa shape index (κ2) is 5.30. The Balaban J connectivity index is 1.85. The molecule has 7 heteroatoms. The average molecular weight is 350 g/mol. The minimum atomic E-state index is -1.28. The van der Waals surface area contributed by atoms with Gasteiger partial charge >= 0.3 is 11.9 Å². The van der Waals surface area contributed by atoms with Crippen molar-refractivity contribution in [2.45, 2.75) is 57.8 Å². The number of rotatable bonds is 4. The van der Waals surface area contributed by atoms with E-state index < -0.39 is 34.7 Å². The van der Waals surface area contributed by atoms with Crippen molar-refractivity contribution in [1.29, 1.82) is 0 Å². The van der Waals surface area contributed by atoms with Crippen molar-refractivity contribution in [2.24, 2.45) is 10.8 Å². The standard InChI is InChI=1S/C18H22O7/c1-3-22-14(20)16-7-11-9-24-13-5-6-17(8-12(16)19,15(21)23-4-2)18(11,10-16)25-13/h9,13H,3-8,10H2,1-2H3. The van der Waals surface area contributed by atoms with Crippen molar-refractivity contribution in [2.75, 3.05) is 13.2 Å². The molecule has 1 saturated heterocycles. The lowest BCUT2D eigenvalue weighted by molar-refractivity contribution is -0.275. The molecule has 2 heterocycles. The van der Waals surface area contributed by atoms with Crippen LogP contribution in [0, 0.1) is 10.8 Å². The molecule has 7 nitrogen and oxygen atoms in total. The Labute approximate surface area is 145 Å². The Morgan fingerprint density at radius 1 is 1.20 bits per heavy atom. The van der Waals surface area contributed by atoms with E-state index in [0.29, 0.717) is 18.4 Å². The number of Topliss-reactive ketones (excluding diaryl/α,β-unsaturated/α-hetero) is 1. The van der Waals surface area contributed by atoms with Crippen molar-refractivity contribution < 1.29 is 33.3 Å². The van der Waals surface area contributed by atoms with Gasteiger partial charge in [-0.3, -0.25) is 14.4 Å². The summed E-state index contributed by atoms with van der Waals surface area (Å²) >= 11 is 0. The van der Waals surface area contributed by atoms with Gasteiger partial charge < -0.3 is 18.9 Å². The maximum atomic E-state index is 13.1. The third-order valence-electron chi connectivity index (χ3n) is 6.16. The maximum Gasteiger partial charge on any atom is 0.320 e. The number of ketones is 1. The molecule has 0 N–H and O–H groups in total. The first-order valence-corrected chi connectivity index (χ1v) is 8.85. The van der Waals surface area contributed by atoms with Gasteiger partial charge in [0.2, 0.25) is 0 Å². The van der Waals surface area contributed by atoms with E-state index in [-0.39, 0.29) is 38.3 Å². The molecule has 4 rings (SSSR count). The Bertz CT molecular complexity index is 683. The number of ether oxygens (including phenoxy) is 4. The van der Waals surface area contributed by atoms with Crippen LogP contribution < -0.4 is 0 Å². The molecule has 0 radical (unpaired) electrons. The molecule has 136 valence electrons. The van der Waals surface area contributed by atoms with Crippen molar-refractivity contribution >= 4 is 17.7 Å². The predicted molar refractivity (Wildman–Crippen MR) is 83.0 cm³/mol. The van der Waals surface area contributed by atoms with E-state index in [1.165, 1.54) is 0 Å². The largest absolute Gasteiger partial charge is 0.472 e. The van der Waals surface area contributed by atoms with Gasteiger partial charge in [0.25, 0.3) is 0 Å². The van der Waals surface area contributed by atoms with Crippen molar-refractivity contribution in [1.82, 2.24) is 0 Å². The highest BCUT2D eigenvalue weighted by molar-refractivity contribution is 6.08. The number of esters is 2. The van der Waals surface area contributed by atoms with Crippen molar-refractivity contribution in [3.63, 3.8) is 0 Å². The Morgan fingerprint density at radius 2 is 1.92 bits per heavy atom. The van der Waals surface area contributed by atoms with Crippen LogP contribution in [0.1, 0.15) is 46.0 Å². The monoisotopic (exact) mass is 350 g/mol. The van der Waals surface area contributed by atoms with E-state index in [1.807, 2.05) is 0 Å². The fourth-order valence-electron chi connectivity index (χ4n) is 5.02. The zero-order chi connectivity index (χ0) is 17.9. The topological polar surface area (TPSA) is 88.1 Å². The van der Waals surface area contributed by atoms with Gasteiger partial charge in [-0.05, 0) is 32.3 Å². The zero-order valence-corrected chi connectivity index (χ0v) is 14.5. The first kappa shape index (κ1) is 16.6. The van der Waals surface area contributed by atoms with Gasteiger partial charge in [-0.15, -0.1) is 0 Å². The molecule has 0 aromatic heterocycles. The van der Waals surface area contributed by atoms with Crippen LogP contribution in [0.25, 0.3) is 0 Å². The summed E-state index contributed by atoms with van der Waals surface area (Å²) in [5.41, 5.74) is -2.69. The summed E-state index contributed by atoms with van der Waals surface area (Å²) in [6.07, 6.45) is 2.32.